The predicted octanol–water partition coefficient (Wildman–Crippen LogP) is 1.07. The zero-order chi connectivity index (χ0) is 22.0. The van der Waals surface area contributed by atoms with Gasteiger partial charge in [-0.3, -0.25) is 14.0 Å². The molecule has 0 aliphatic carbocycles. The number of nitrogens with zero attached hydrogens (tertiary/aromatic N) is 5. The summed E-state index contributed by atoms with van der Waals surface area (Å²) in [5.74, 6) is -2.85. The molecule has 0 spiro atoms. The van der Waals surface area contributed by atoms with Gasteiger partial charge in [-0.1, -0.05) is 6.92 Å². The van der Waals surface area contributed by atoms with E-state index in [2.05, 4.69) is 15.0 Å². The average Bonchev–Trinajstić information content (AvgIpc) is 3.37. The number of fused-ring (bicyclic) bond motifs is 2. The first-order chi connectivity index (χ1) is 14.8. The van der Waals surface area contributed by atoms with Crippen LogP contribution in [0.15, 0.2) is 36.9 Å². The minimum absolute atomic E-state index is 0.0683. The predicted molar refractivity (Wildman–Crippen MR) is 108 cm³/mol. The summed E-state index contributed by atoms with van der Waals surface area (Å²) in [5.41, 5.74) is 0.966. The van der Waals surface area contributed by atoms with Crippen LogP contribution in [0.2, 0.25) is 0 Å². The summed E-state index contributed by atoms with van der Waals surface area (Å²) >= 11 is 1.24. The molecule has 2 aliphatic rings. The number of carbonyl (C=O) groups is 3. The Balaban J connectivity index is 1.60. The van der Waals surface area contributed by atoms with E-state index in [4.69, 9.17) is 0 Å². The van der Waals surface area contributed by atoms with Gasteiger partial charge >= 0.3 is 5.97 Å². The van der Waals surface area contributed by atoms with Crippen molar-refractivity contribution >= 4 is 39.4 Å². The average molecular weight is 439 g/mol. The Morgan fingerprint density at radius 2 is 1.97 bits per heavy atom. The van der Waals surface area contributed by atoms with Crippen molar-refractivity contribution in [2.45, 2.75) is 26.0 Å². The number of amides is 1. The second kappa shape index (κ2) is 6.79. The van der Waals surface area contributed by atoms with Crippen LogP contribution in [0.25, 0.3) is 10.4 Å². The number of rotatable bonds is 5. The van der Waals surface area contributed by atoms with E-state index in [0.717, 1.165) is 0 Å². The minimum atomic E-state index is -1.20. The van der Waals surface area contributed by atoms with E-state index < -0.39 is 24.0 Å². The molecule has 10 nitrogen and oxygen atoms in total. The third kappa shape index (κ3) is 2.66. The third-order valence-electron chi connectivity index (χ3n) is 5.89. The van der Waals surface area contributed by atoms with Crippen LogP contribution in [0.1, 0.15) is 34.8 Å². The van der Waals surface area contributed by atoms with Crippen molar-refractivity contribution in [3.05, 3.63) is 53.1 Å². The monoisotopic (exact) mass is 439 g/mol. The normalized spacial score (nSPS) is 23.8. The molecule has 4 atom stereocenters. The van der Waals surface area contributed by atoms with Crippen LogP contribution in [0, 0.1) is 11.8 Å². The highest BCUT2D eigenvalue weighted by atomic mass is 32.1. The molecule has 0 aromatic carbocycles. The molecule has 31 heavy (non-hydrogen) atoms. The molecule has 3 aromatic rings. The molecular weight excluding hydrogens is 422 g/mol. The van der Waals surface area contributed by atoms with Gasteiger partial charge in [-0.2, -0.15) is 0 Å². The van der Waals surface area contributed by atoms with Crippen molar-refractivity contribution in [2.75, 3.05) is 0 Å². The number of thiazole rings is 1. The number of imidazole rings is 1. The van der Waals surface area contributed by atoms with Crippen molar-refractivity contribution in [3.8, 4) is 0 Å². The quantitative estimate of drug-likeness (QED) is 0.445. The summed E-state index contributed by atoms with van der Waals surface area (Å²) in [6.45, 7) is 3.39. The Kier molecular flexibility index (Phi) is 4.27. The number of carboxylic acids is 1. The van der Waals surface area contributed by atoms with Crippen LogP contribution in [-0.4, -0.2) is 64.3 Å². The van der Waals surface area contributed by atoms with Crippen molar-refractivity contribution < 1.29 is 24.6 Å². The van der Waals surface area contributed by atoms with Crippen molar-refractivity contribution in [3.63, 3.8) is 0 Å². The molecule has 0 bridgehead atoms. The zero-order valence-electron chi connectivity index (χ0n) is 16.5. The maximum atomic E-state index is 12.8. The van der Waals surface area contributed by atoms with E-state index in [-0.39, 0.29) is 29.0 Å². The Hall–Kier alpha value is -3.44. The number of hydrogen-bond acceptors (Lipinski definition) is 8. The van der Waals surface area contributed by atoms with Crippen LogP contribution >= 0.6 is 11.3 Å². The van der Waals surface area contributed by atoms with Gasteiger partial charge in [0.1, 0.15) is 28.9 Å². The largest absolute Gasteiger partial charge is 0.477 e. The first-order valence-electron chi connectivity index (χ1n) is 9.56. The van der Waals surface area contributed by atoms with Gasteiger partial charge in [0, 0.05) is 30.1 Å². The van der Waals surface area contributed by atoms with Gasteiger partial charge in [0.25, 0.3) is 0 Å². The summed E-state index contributed by atoms with van der Waals surface area (Å²) in [6, 6.07) is -0.407. The number of aliphatic hydroxyl groups is 1. The molecule has 0 radical (unpaired) electrons. The smallest absolute Gasteiger partial charge is 0.352 e. The van der Waals surface area contributed by atoms with Crippen LogP contribution < -0.4 is 0 Å². The number of ketones is 1. The SMILES string of the molecule is C[C@@H](O)[C@H]1C(=O)N2C(C(=O)O)=C(c3cn4cnc(C(=O)c5cncnc5)c4s3)[C@H](C)[C@H]12. The lowest BCUT2D eigenvalue weighted by Crippen LogP contribution is -2.63. The number of carboxylic acid groups (broad SMARTS) is 1. The third-order valence-corrected chi connectivity index (χ3v) is 7.03. The molecular formula is C20H17N5O5S. The van der Waals surface area contributed by atoms with Gasteiger partial charge < -0.3 is 15.1 Å². The van der Waals surface area contributed by atoms with Gasteiger partial charge in [0.15, 0.2) is 0 Å². The lowest BCUT2D eigenvalue weighted by atomic mass is 9.77. The van der Waals surface area contributed by atoms with Crippen LogP contribution in [0.4, 0.5) is 0 Å². The second-order valence-corrected chi connectivity index (χ2v) is 8.71. The molecule has 0 saturated carbocycles. The second-order valence-electron chi connectivity index (χ2n) is 7.68. The lowest BCUT2D eigenvalue weighted by Gasteiger charge is -2.46. The topological polar surface area (TPSA) is 138 Å². The van der Waals surface area contributed by atoms with E-state index in [1.54, 1.807) is 10.6 Å². The standard InChI is InChI=1S/C20H17N5O5S/c1-8-12(16(20(29)30)25-15(8)13(9(2)26)18(25)28)11-5-24-7-23-14(19(24)31-11)17(27)10-3-21-6-22-4-10/h3-9,13,15,26H,1-2H3,(H,29,30)/t8-,9+,13+,15+/m0/s1. The molecule has 1 amide bonds. The number of β-lactam (4-membered cyclic amide) rings is 1. The number of carbonyl (C=O) groups excluding carboxylic acids is 2. The first kappa shape index (κ1) is 19.5. The molecule has 11 heteroatoms. The van der Waals surface area contributed by atoms with E-state index in [1.807, 2.05) is 6.92 Å². The fourth-order valence-electron chi connectivity index (χ4n) is 4.53. The minimum Gasteiger partial charge on any atom is -0.477 e. The lowest BCUT2D eigenvalue weighted by molar-refractivity contribution is -0.163. The van der Waals surface area contributed by atoms with Crippen molar-refractivity contribution in [1.29, 1.82) is 0 Å². The fourth-order valence-corrected chi connectivity index (χ4v) is 5.74. The highest BCUT2D eigenvalue weighted by molar-refractivity contribution is 7.18. The van der Waals surface area contributed by atoms with E-state index in [1.165, 1.54) is 48.2 Å². The highest BCUT2D eigenvalue weighted by Gasteiger charge is 2.60. The summed E-state index contributed by atoms with van der Waals surface area (Å²) < 4.78 is 1.67. The van der Waals surface area contributed by atoms with Gasteiger partial charge in [0.2, 0.25) is 11.7 Å². The van der Waals surface area contributed by atoms with Gasteiger partial charge in [-0.15, -0.1) is 11.3 Å². The molecule has 5 heterocycles. The molecule has 1 fully saturated rings. The Labute approximate surface area is 179 Å². The zero-order valence-corrected chi connectivity index (χ0v) is 17.3. The molecule has 5 rings (SSSR count). The molecule has 2 N–H and O–H groups in total. The molecule has 2 aliphatic heterocycles. The Morgan fingerprint density at radius 3 is 2.61 bits per heavy atom. The first-order valence-corrected chi connectivity index (χ1v) is 10.4. The van der Waals surface area contributed by atoms with Crippen molar-refractivity contribution in [2.24, 2.45) is 11.8 Å². The van der Waals surface area contributed by atoms with Gasteiger partial charge in [-0.05, 0) is 6.92 Å². The number of aliphatic carboxylic acids is 1. The van der Waals surface area contributed by atoms with Crippen LogP contribution in [0.3, 0.4) is 0 Å². The number of aromatic nitrogens is 4. The van der Waals surface area contributed by atoms with Crippen molar-refractivity contribution in [1.82, 2.24) is 24.3 Å². The van der Waals surface area contributed by atoms with E-state index >= 15 is 0 Å². The Morgan fingerprint density at radius 1 is 1.26 bits per heavy atom. The number of hydrogen-bond donors (Lipinski definition) is 2. The van der Waals surface area contributed by atoms with Crippen LogP contribution in [0.5, 0.6) is 0 Å². The summed E-state index contributed by atoms with van der Waals surface area (Å²) in [5, 5.41) is 19.9. The molecule has 3 aromatic heterocycles. The molecule has 0 unspecified atom stereocenters. The van der Waals surface area contributed by atoms with E-state index in [0.29, 0.717) is 20.8 Å². The Bertz CT molecular complexity index is 1280. The summed E-state index contributed by atoms with van der Waals surface area (Å²) in [4.78, 5) is 51.8. The van der Waals surface area contributed by atoms with Gasteiger partial charge in [0.05, 0.1) is 28.5 Å². The fraction of sp³-hybridized carbons (Fsp3) is 0.300. The molecule has 1 saturated heterocycles. The van der Waals surface area contributed by atoms with Gasteiger partial charge in [-0.25, -0.2) is 19.7 Å². The summed E-state index contributed by atoms with van der Waals surface area (Å²) in [7, 11) is 0. The maximum Gasteiger partial charge on any atom is 0.352 e. The maximum absolute atomic E-state index is 12.8. The molecule has 158 valence electrons. The summed E-state index contributed by atoms with van der Waals surface area (Å²) in [6.07, 6.45) is 6.48. The van der Waals surface area contributed by atoms with Crippen LogP contribution in [-0.2, 0) is 9.59 Å². The van der Waals surface area contributed by atoms with E-state index in [9.17, 15) is 24.6 Å². The highest BCUT2D eigenvalue weighted by Crippen LogP contribution is 2.51. The number of aliphatic hydroxyl groups excluding tert-OH is 1.